The molecule has 0 bridgehead atoms. The van der Waals surface area contributed by atoms with Crippen LogP contribution in [0.2, 0.25) is 0 Å². The number of anilines is 2. The molecule has 4 N–H and O–H groups in total. The highest BCUT2D eigenvalue weighted by Crippen LogP contribution is 2.35. The van der Waals surface area contributed by atoms with Crippen molar-refractivity contribution in [3.05, 3.63) is 23.8 Å². The predicted octanol–water partition coefficient (Wildman–Crippen LogP) is 1.99. The average Bonchev–Trinajstić information content (AvgIpc) is 2.77. The first-order valence-electron chi connectivity index (χ1n) is 6.47. The number of nitrogens with two attached hydrogens (primary N) is 2. The van der Waals surface area contributed by atoms with Crippen LogP contribution in [0.5, 0.6) is 0 Å². The van der Waals surface area contributed by atoms with E-state index >= 15 is 0 Å². The van der Waals surface area contributed by atoms with Gasteiger partial charge in [0.2, 0.25) is 0 Å². The Morgan fingerprint density at radius 2 is 2.17 bits per heavy atom. The summed E-state index contributed by atoms with van der Waals surface area (Å²) in [4.78, 5) is 13.8. The maximum absolute atomic E-state index is 11.5. The number of hydrogen-bond acceptors (Lipinski definition) is 3. The molecule has 1 fully saturated rings. The minimum Gasteiger partial charge on any atom is -0.397 e. The van der Waals surface area contributed by atoms with E-state index in [1.807, 2.05) is 6.07 Å². The predicted molar refractivity (Wildman–Crippen MR) is 74.6 cm³/mol. The number of carbonyl (C=O) groups is 1. The standard InChI is InChI=1S/C14H21N3O/c1-9(2)12-7-4-8-17(12)13-10(14(16)18)5-3-6-11(13)15/h3,5-6,9,12H,4,7-8,15H2,1-2H3,(H2,16,18). The number of rotatable bonds is 3. The van der Waals surface area contributed by atoms with E-state index in [0.29, 0.717) is 23.2 Å². The van der Waals surface area contributed by atoms with Gasteiger partial charge in [-0.1, -0.05) is 19.9 Å². The van der Waals surface area contributed by atoms with Crippen molar-refractivity contribution >= 4 is 17.3 Å². The van der Waals surface area contributed by atoms with E-state index in [4.69, 9.17) is 11.5 Å². The molecule has 0 aliphatic carbocycles. The van der Waals surface area contributed by atoms with E-state index in [1.54, 1.807) is 12.1 Å². The van der Waals surface area contributed by atoms with Gasteiger partial charge in [0.15, 0.2) is 0 Å². The van der Waals surface area contributed by atoms with Gasteiger partial charge in [0.05, 0.1) is 16.9 Å². The number of carbonyl (C=O) groups excluding carboxylic acids is 1. The average molecular weight is 247 g/mol. The van der Waals surface area contributed by atoms with Crippen molar-refractivity contribution < 1.29 is 4.79 Å². The van der Waals surface area contributed by atoms with E-state index in [9.17, 15) is 4.79 Å². The Hall–Kier alpha value is -1.71. The molecule has 0 spiro atoms. The summed E-state index contributed by atoms with van der Waals surface area (Å²) < 4.78 is 0. The highest BCUT2D eigenvalue weighted by Gasteiger charge is 2.30. The fraction of sp³-hybridized carbons (Fsp3) is 0.500. The Bertz CT molecular complexity index is 456. The van der Waals surface area contributed by atoms with Gasteiger partial charge in [0, 0.05) is 12.6 Å². The molecule has 2 rings (SSSR count). The number of nitrogens with zero attached hydrogens (tertiary/aromatic N) is 1. The molecule has 1 saturated heterocycles. The molecule has 1 heterocycles. The zero-order valence-electron chi connectivity index (χ0n) is 11.0. The topological polar surface area (TPSA) is 72.3 Å². The summed E-state index contributed by atoms with van der Waals surface area (Å²) in [6, 6.07) is 5.80. The Morgan fingerprint density at radius 1 is 1.44 bits per heavy atom. The van der Waals surface area contributed by atoms with E-state index < -0.39 is 5.91 Å². The fourth-order valence-electron chi connectivity index (χ4n) is 2.84. The number of primary amides is 1. The summed E-state index contributed by atoms with van der Waals surface area (Å²) in [5.74, 6) is 0.125. The Morgan fingerprint density at radius 3 is 2.78 bits per heavy atom. The van der Waals surface area contributed by atoms with Crippen LogP contribution in [-0.2, 0) is 0 Å². The van der Waals surface area contributed by atoms with Gasteiger partial charge >= 0.3 is 0 Å². The van der Waals surface area contributed by atoms with E-state index in [0.717, 1.165) is 25.1 Å². The van der Waals surface area contributed by atoms with Crippen molar-refractivity contribution in [2.45, 2.75) is 32.7 Å². The molecule has 1 aliphatic rings. The minimum atomic E-state index is -0.410. The van der Waals surface area contributed by atoms with Crippen LogP contribution in [0, 0.1) is 5.92 Å². The summed E-state index contributed by atoms with van der Waals surface area (Å²) in [5.41, 5.74) is 13.5. The number of hydrogen-bond donors (Lipinski definition) is 2. The zero-order valence-corrected chi connectivity index (χ0v) is 11.0. The SMILES string of the molecule is CC(C)C1CCCN1c1c(N)cccc1C(N)=O. The molecule has 1 atom stereocenters. The number of nitrogen functional groups attached to an aromatic ring is 1. The molecule has 1 aromatic carbocycles. The quantitative estimate of drug-likeness (QED) is 0.802. The van der Waals surface area contributed by atoms with Crippen LogP contribution in [0.15, 0.2) is 18.2 Å². The Balaban J connectivity index is 2.46. The number of para-hydroxylation sites is 1. The largest absolute Gasteiger partial charge is 0.397 e. The van der Waals surface area contributed by atoms with Crippen molar-refractivity contribution in [1.29, 1.82) is 0 Å². The maximum Gasteiger partial charge on any atom is 0.250 e. The fourth-order valence-corrected chi connectivity index (χ4v) is 2.84. The maximum atomic E-state index is 11.5. The molecule has 1 aliphatic heterocycles. The second-order valence-electron chi connectivity index (χ2n) is 5.25. The molecule has 1 amide bonds. The van der Waals surface area contributed by atoms with Gasteiger partial charge in [0.25, 0.3) is 5.91 Å². The first-order chi connectivity index (χ1) is 8.52. The van der Waals surface area contributed by atoms with Gasteiger partial charge in [0.1, 0.15) is 0 Å². The lowest BCUT2D eigenvalue weighted by atomic mass is 10.00. The molecule has 1 unspecified atom stereocenters. The molecule has 0 aromatic heterocycles. The van der Waals surface area contributed by atoms with Crippen LogP contribution in [0.4, 0.5) is 11.4 Å². The highest BCUT2D eigenvalue weighted by atomic mass is 16.1. The second kappa shape index (κ2) is 4.88. The lowest BCUT2D eigenvalue weighted by molar-refractivity contribution is 0.100. The van der Waals surface area contributed by atoms with Crippen LogP contribution in [0.1, 0.15) is 37.0 Å². The van der Waals surface area contributed by atoms with Crippen LogP contribution >= 0.6 is 0 Å². The van der Waals surface area contributed by atoms with Crippen molar-refractivity contribution in [1.82, 2.24) is 0 Å². The minimum absolute atomic E-state index is 0.410. The first kappa shape index (κ1) is 12.7. The summed E-state index contributed by atoms with van der Waals surface area (Å²) in [6.45, 7) is 5.34. The van der Waals surface area contributed by atoms with Gasteiger partial charge in [-0.3, -0.25) is 4.79 Å². The zero-order chi connectivity index (χ0) is 13.3. The number of amides is 1. The normalized spacial score (nSPS) is 19.5. The van der Waals surface area contributed by atoms with Gasteiger partial charge < -0.3 is 16.4 Å². The first-order valence-corrected chi connectivity index (χ1v) is 6.47. The third-order valence-corrected chi connectivity index (χ3v) is 3.69. The third kappa shape index (κ3) is 2.15. The van der Waals surface area contributed by atoms with E-state index in [1.165, 1.54) is 0 Å². The molecule has 4 heteroatoms. The van der Waals surface area contributed by atoms with Crippen LogP contribution in [0.25, 0.3) is 0 Å². The summed E-state index contributed by atoms with van der Waals surface area (Å²) in [5, 5.41) is 0. The lowest BCUT2D eigenvalue weighted by Gasteiger charge is -2.31. The molecular weight excluding hydrogens is 226 g/mol. The molecule has 18 heavy (non-hydrogen) atoms. The number of benzene rings is 1. The van der Waals surface area contributed by atoms with Crippen molar-refractivity contribution in [3.63, 3.8) is 0 Å². The highest BCUT2D eigenvalue weighted by molar-refractivity contribution is 6.01. The van der Waals surface area contributed by atoms with Gasteiger partial charge in [-0.05, 0) is 30.9 Å². The van der Waals surface area contributed by atoms with Gasteiger partial charge in [-0.25, -0.2) is 0 Å². The molecule has 0 saturated carbocycles. The molecule has 4 nitrogen and oxygen atoms in total. The van der Waals surface area contributed by atoms with Crippen LogP contribution in [0.3, 0.4) is 0 Å². The van der Waals surface area contributed by atoms with Crippen molar-refractivity contribution in [2.24, 2.45) is 11.7 Å². The summed E-state index contributed by atoms with van der Waals surface area (Å²) in [7, 11) is 0. The van der Waals surface area contributed by atoms with Crippen molar-refractivity contribution in [2.75, 3.05) is 17.2 Å². The summed E-state index contributed by atoms with van der Waals surface area (Å²) >= 11 is 0. The monoisotopic (exact) mass is 247 g/mol. The van der Waals surface area contributed by atoms with Crippen molar-refractivity contribution in [3.8, 4) is 0 Å². The third-order valence-electron chi connectivity index (χ3n) is 3.69. The van der Waals surface area contributed by atoms with Gasteiger partial charge in [-0.2, -0.15) is 0 Å². The lowest BCUT2D eigenvalue weighted by Crippen LogP contribution is -2.35. The summed E-state index contributed by atoms with van der Waals surface area (Å²) in [6.07, 6.45) is 2.28. The van der Waals surface area contributed by atoms with Crippen LogP contribution in [-0.4, -0.2) is 18.5 Å². The smallest absolute Gasteiger partial charge is 0.250 e. The van der Waals surface area contributed by atoms with E-state index in [2.05, 4.69) is 18.7 Å². The molecular formula is C14H21N3O. The van der Waals surface area contributed by atoms with E-state index in [-0.39, 0.29) is 0 Å². The molecule has 1 aromatic rings. The Kier molecular flexibility index (Phi) is 3.45. The molecule has 0 radical (unpaired) electrons. The molecule has 98 valence electrons. The Labute approximate surface area is 108 Å². The van der Waals surface area contributed by atoms with Gasteiger partial charge in [-0.15, -0.1) is 0 Å². The second-order valence-corrected chi connectivity index (χ2v) is 5.25. The van der Waals surface area contributed by atoms with Crippen LogP contribution < -0.4 is 16.4 Å².